The molecule has 5 nitrogen and oxygen atoms in total. The normalized spacial score (nSPS) is 14.6. The van der Waals surface area contributed by atoms with Crippen LogP contribution >= 0.6 is 0 Å². The third-order valence-electron chi connectivity index (χ3n) is 5.37. The molecule has 28 heavy (non-hydrogen) atoms. The van der Waals surface area contributed by atoms with Gasteiger partial charge in [-0.2, -0.15) is 0 Å². The van der Waals surface area contributed by atoms with Gasteiger partial charge in [-0.15, -0.1) is 0 Å². The predicted molar refractivity (Wildman–Crippen MR) is 110 cm³/mol. The molecule has 1 aliphatic heterocycles. The van der Waals surface area contributed by atoms with E-state index in [-0.39, 0.29) is 18.4 Å². The fraction of sp³-hybridized carbons (Fsp3) is 0.391. The van der Waals surface area contributed by atoms with E-state index in [0.717, 1.165) is 32.4 Å². The maximum absolute atomic E-state index is 12.8. The highest BCUT2D eigenvalue weighted by Gasteiger charge is 2.25. The summed E-state index contributed by atoms with van der Waals surface area (Å²) in [4.78, 5) is 28.3. The zero-order valence-corrected chi connectivity index (χ0v) is 16.6. The first-order valence-electron chi connectivity index (χ1n) is 9.80. The number of hydrogen-bond acceptors (Lipinski definition) is 3. The van der Waals surface area contributed by atoms with Crippen molar-refractivity contribution in [1.82, 2.24) is 4.90 Å². The minimum absolute atomic E-state index is 0.00354. The van der Waals surface area contributed by atoms with Crippen LogP contribution in [-0.4, -0.2) is 43.5 Å². The van der Waals surface area contributed by atoms with E-state index >= 15 is 0 Å². The highest BCUT2D eigenvalue weighted by molar-refractivity contribution is 5.97. The maximum Gasteiger partial charge on any atom is 0.242 e. The lowest BCUT2D eigenvalue weighted by Crippen LogP contribution is -2.45. The molecule has 5 heteroatoms. The van der Waals surface area contributed by atoms with Gasteiger partial charge in [0.05, 0.1) is 7.11 Å². The number of anilines is 1. The van der Waals surface area contributed by atoms with Gasteiger partial charge in [-0.3, -0.25) is 9.59 Å². The van der Waals surface area contributed by atoms with Crippen molar-refractivity contribution in [2.45, 2.75) is 26.2 Å². The topological polar surface area (TPSA) is 49.9 Å². The van der Waals surface area contributed by atoms with Crippen molar-refractivity contribution in [3.8, 4) is 5.75 Å². The largest absolute Gasteiger partial charge is 0.497 e. The van der Waals surface area contributed by atoms with Gasteiger partial charge >= 0.3 is 0 Å². The van der Waals surface area contributed by atoms with Crippen molar-refractivity contribution in [1.29, 1.82) is 0 Å². The van der Waals surface area contributed by atoms with Crippen LogP contribution in [0.5, 0.6) is 5.75 Å². The molecule has 1 heterocycles. The van der Waals surface area contributed by atoms with Crippen LogP contribution in [-0.2, 0) is 16.0 Å². The summed E-state index contributed by atoms with van der Waals surface area (Å²) in [5, 5.41) is 0. The van der Waals surface area contributed by atoms with Crippen LogP contribution in [0.3, 0.4) is 0 Å². The third-order valence-corrected chi connectivity index (χ3v) is 5.37. The minimum atomic E-state index is -0.152. The molecule has 0 saturated carbocycles. The van der Waals surface area contributed by atoms with Crippen LogP contribution in [0, 0.1) is 5.92 Å². The lowest BCUT2D eigenvalue weighted by molar-refractivity contribution is -0.132. The van der Waals surface area contributed by atoms with Gasteiger partial charge in [0.2, 0.25) is 11.8 Å². The number of likely N-dealkylation sites (tertiary alicyclic amines) is 1. The molecule has 0 bridgehead atoms. The van der Waals surface area contributed by atoms with Crippen LogP contribution in [0.2, 0.25) is 0 Å². The molecule has 0 unspecified atom stereocenters. The number of benzene rings is 2. The Kier molecular flexibility index (Phi) is 6.69. The van der Waals surface area contributed by atoms with Crippen molar-refractivity contribution >= 4 is 17.5 Å². The fourth-order valence-electron chi connectivity index (χ4n) is 3.73. The fourth-order valence-corrected chi connectivity index (χ4v) is 3.73. The second-order valence-electron chi connectivity index (χ2n) is 7.32. The first kappa shape index (κ1) is 19.9. The van der Waals surface area contributed by atoms with Crippen molar-refractivity contribution in [2.75, 3.05) is 31.6 Å². The molecular weight excluding hydrogens is 352 g/mol. The summed E-state index contributed by atoms with van der Waals surface area (Å²) in [5.41, 5.74) is 2.03. The van der Waals surface area contributed by atoms with E-state index < -0.39 is 0 Å². The number of ether oxygens (including phenoxy) is 1. The molecule has 2 amide bonds. The van der Waals surface area contributed by atoms with Crippen molar-refractivity contribution in [3.63, 3.8) is 0 Å². The van der Waals surface area contributed by atoms with Gasteiger partial charge in [0, 0.05) is 31.8 Å². The Labute approximate surface area is 166 Å². The molecule has 1 saturated heterocycles. The molecule has 0 atom stereocenters. The van der Waals surface area contributed by atoms with Crippen LogP contribution in [0.1, 0.15) is 25.3 Å². The average molecular weight is 380 g/mol. The van der Waals surface area contributed by atoms with E-state index in [1.54, 1.807) is 13.2 Å². The maximum atomic E-state index is 12.8. The van der Waals surface area contributed by atoms with Gasteiger partial charge in [0.15, 0.2) is 0 Å². The van der Waals surface area contributed by atoms with E-state index in [1.165, 1.54) is 17.4 Å². The lowest BCUT2D eigenvalue weighted by Gasteiger charge is -2.33. The minimum Gasteiger partial charge on any atom is -0.497 e. The summed E-state index contributed by atoms with van der Waals surface area (Å²) < 4.78 is 5.23. The number of rotatable bonds is 6. The second kappa shape index (κ2) is 9.40. The Morgan fingerprint density at radius 1 is 1.07 bits per heavy atom. The number of methoxy groups -OCH3 is 1. The van der Waals surface area contributed by atoms with Crippen LogP contribution in [0.4, 0.5) is 5.69 Å². The van der Waals surface area contributed by atoms with E-state index in [2.05, 4.69) is 24.3 Å². The van der Waals surface area contributed by atoms with E-state index in [1.807, 2.05) is 29.2 Å². The molecule has 0 N–H and O–H groups in total. The quantitative estimate of drug-likeness (QED) is 0.770. The van der Waals surface area contributed by atoms with E-state index in [0.29, 0.717) is 17.4 Å². The Hall–Kier alpha value is -2.82. The molecule has 0 aliphatic carbocycles. The van der Waals surface area contributed by atoms with Gasteiger partial charge in [-0.1, -0.05) is 36.4 Å². The predicted octanol–water partition coefficient (Wildman–Crippen LogP) is 3.53. The van der Waals surface area contributed by atoms with Crippen molar-refractivity contribution < 1.29 is 14.3 Å². The summed E-state index contributed by atoms with van der Waals surface area (Å²) in [6.07, 6.45) is 3.06. The smallest absolute Gasteiger partial charge is 0.242 e. The highest BCUT2D eigenvalue weighted by Crippen LogP contribution is 2.24. The van der Waals surface area contributed by atoms with Crippen LogP contribution in [0.25, 0.3) is 0 Å². The first-order chi connectivity index (χ1) is 13.6. The molecule has 2 aromatic carbocycles. The Bertz CT molecular complexity index is 799. The average Bonchev–Trinajstić information content (AvgIpc) is 2.73. The number of hydrogen-bond donors (Lipinski definition) is 0. The molecule has 0 radical (unpaired) electrons. The lowest BCUT2D eigenvalue weighted by atomic mass is 9.90. The number of carbonyl (C=O) groups excluding carboxylic acids is 2. The summed E-state index contributed by atoms with van der Waals surface area (Å²) in [6.45, 7) is 3.05. The molecule has 2 aromatic rings. The Morgan fingerprint density at radius 2 is 1.79 bits per heavy atom. The highest BCUT2D eigenvalue weighted by atomic mass is 16.5. The molecule has 1 aliphatic rings. The summed E-state index contributed by atoms with van der Waals surface area (Å²) in [5.74, 6) is 1.11. The van der Waals surface area contributed by atoms with Gasteiger partial charge in [-0.05, 0) is 42.9 Å². The monoisotopic (exact) mass is 380 g/mol. The molecular formula is C23H28N2O3. The molecule has 3 rings (SSSR count). The Balaban J connectivity index is 1.57. The van der Waals surface area contributed by atoms with Crippen LogP contribution in [0.15, 0.2) is 54.6 Å². The molecule has 0 spiro atoms. The molecule has 148 valence electrons. The van der Waals surface area contributed by atoms with Gasteiger partial charge < -0.3 is 14.5 Å². The summed E-state index contributed by atoms with van der Waals surface area (Å²) in [6, 6.07) is 17.8. The number of carbonyl (C=O) groups is 2. The van der Waals surface area contributed by atoms with E-state index in [9.17, 15) is 9.59 Å². The summed E-state index contributed by atoms with van der Waals surface area (Å²) in [7, 11) is 1.59. The SMILES string of the molecule is COc1cccc(N(CC(=O)N2CCC(Cc3ccccc3)CC2)C(C)=O)c1. The van der Waals surface area contributed by atoms with Crippen molar-refractivity contribution in [3.05, 3.63) is 60.2 Å². The first-order valence-corrected chi connectivity index (χ1v) is 9.80. The summed E-state index contributed by atoms with van der Waals surface area (Å²) >= 11 is 0. The number of piperidine rings is 1. The van der Waals surface area contributed by atoms with Crippen LogP contribution < -0.4 is 9.64 Å². The number of amides is 2. The van der Waals surface area contributed by atoms with Gasteiger partial charge in [-0.25, -0.2) is 0 Å². The second-order valence-corrected chi connectivity index (χ2v) is 7.32. The molecule has 0 aromatic heterocycles. The molecule has 1 fully saturated rings. The number of nitrogens with zero attached hydrogens (tertiary/aromatic N) is 2. The zero-order chi connectivity index (χ0) is 19.9. The van der Waals surface area contributed by atoms with E-state index in [4.69, 9.17) is 4.74 Å². The van der Waals surface area contributed by atoms with Crippen molar-refractivity contribution in [2.24, 2.45) is 5.92 Å². The third kappa shape index (κ3) is 5.12. The Morgan fingerprint density at radius 3 is 2.43 bits per heavy atom. The standard InChI is InChI=1S/C23H28N2O3/c1-18(26)25(21-9-6-10-22(16-21)28-2)17-23(27)24-13-11-20(12-14-24)15-19-7-4-3-5-8-19/h3-10,16,20H,11-15,17H2,1-2H3. The van der Waals surface area contributed by atoms with Gasteiger partial charge in [0.25, 0.3) is 0 Å². The van der Waals surface area contributed by atoms with Gasteiger partial charge in [0.1, 0.15) is 12.3 Å². The zero-order valence-electron chi connectivity index (χ0n) is 16.6.